The number of carbonyl (C=O) groups is 1. The van der Waals surface area contributed by atoms with Crippen molar-refractivity contribution < 1.29 is 4.79 Å². The molecule has 2 aliphatic rings. The maximum atomic E-state index is 12.7. The number of likely N-dealkylation sites (N-methyl/N-ethyl adjacent to an activating group) is 1. The van der Waals surface area contributed by atoms with Crippen LogP contribution in [0, 0.1) is 0 Å². The van der Waals surface area contributed by atoms with Crippen LogP contribution in [0.15, 0.2) is 70.5 Å². The van der Waals surface area contributed by atoms with Gasteiger partial charge in [-0.15, -0.1) is 11.3 Å². The first kappa shape index (κ1) is 16.8. The highest BCUT2D eigenvalue weighted by molar-refractivity contribution is 8.04. The van der Waals surface area contributed by atoms with Crippen molar-refractivity contribution in [3.8, 4) is 0 Å². The van der Waals surface area contributed by atoms with Crippen LogP contribution in [0.4, 0.5) is 5.69 Å². The normalized spacial score (nSPS) is 20.7. The minimum atomic E-state index is -0.110. The number of carbonyl (C=O) groups excluding carboxylic acids is 1. The second kappa shape index (κ2) is 5.85. The van der Waals surface area contributed by atoms with Crippen LogP contribution in [0.3, 0.4) is 0 Å². The molecule has 0 atom stereocenters. The van der Waals surface area contributed by atoms with Gasteiger partial charge in [-0.1, -0.05) is 48.2 Å². The van der Waals surface area contributed by atoms with Crippen molar-refractivity contribution in [3.05, 3.63) is 76.0 Å². The van der Waals surface area contributed by atoms with E-state index in [1.165, 1.54) is 26.2 Å². The summed E-state index contributed by atoms with van der Waals surface area (Å²) in [5, 5.41) is 1.31. The van der Waals surface area contributed by atoms with E-state index in [-0.39, 0.29) is 11.3 Å². The minimum absolute atomic E-state index is 0.110. The van der Waals surface area contributed by atoms with Gasteiger partial charge in [0.15, 0.2) is 0 Å². The molecule has 0 amide bonds. The van der Waals surface area contributed by atoms with Crippen molar-refractivity contribution >= 4 is 50.2 Å². The summed E-state index contributed by atoms with van der Waals surface area (Å²) in [4.78, 5) is 18.2. The maximum Gasteiger partial charge on any atom is 0.200 e. The van der Waals surface area contributed by atoms with Crippen LogP contribution in [0.25, 0.3) is 15.7 Å². The summed E-state index contributed by atoms with van der Waals surface area (Å²) in [5.41, 5.74) is 3.29. The molecule has 2 aliphatic heterocycles. The van der Waals surface area contributed by atoms with Crippen molar-refractivity contribution in [2.45, 2.75) is 24.3 Å². The lowest BCUT2D eigenvalue weighted by molar-refractivity contribution is 0.104. The number of fused-ring (bicyclic) bond motifs is 4. The first-order valence-corrected chi connectivity index (χ1v) is 10.6. The van der Waals surface area contributed by atoms with E-state index < -0.39 is 0 Å². The molecule has 2 aromatic carbocycles. The molecule has 0 saturated heterocycles. The highest BCUT2D eigenvalue weighted by Crippen LogP contribution is 2.53. The number of thioether (sulfide) groups is 1. The van der Waals surface area contributed by atoms with Crippen molar-refractivity contribution in [2.24, 2.45) is 0 Å². The fourth-order valence-electron chi connectivity index (χ4n) is 3.87. The number of thiophene rings is 1. The molecule has 0 fully saturated rings. The Balaban J connectivity index is 1.63. The van der Waals surface area contributed by atoms with Crippen LogP contribution in [0.1, 0.15) is 29.1 Å². The number of nitrogens with zero attached hydrogens (tertiary/aromatic N) is 1. The third-order valence-electron chi connectivity index (χ3n) is 5.62. The Labute approximate surface area is 167 Å². The Morgan fingerprint density at radius 3 is 2.56 bits per heavy atom. The standard InChI is InChI=1S/C23H19NOS2/c1-23(2)16(12-13-19-21(25)15-9-5-7-11-18(15)26-19)22-20(24(23)3)14-8-4-6-10-17(14)27-22/h4-13H,1-3H3/b16-12+,19-13-. The van der Waals surface area contributed by atoms with E-state index >= 15 is 0 Å². The highest BCUT2D eigenvalue weighted by Gasteiger charge is 2.40. The van der Waals surface area contributed by atoms with Crippen molar-refractivity contribution in [1.29, 1.82) is 0 Å². The molecule has 0 N–H and O–H groups in total. The molecule has 0 unspecified atom stereocenters. The van der Waals surface area contributed by atoms with Crippen LogP contribution in [0.5, 0.6) is 0 Å². The fraction of sp³-hybridized carbons (Fsp3) is 0.174. The zero-order valence-corrected chi connectivity index (χ0v) is 17.1. The third-order valence-corrected chi connectivity index (χ3v) is 7.93. The number of hydrogen-bond acceptors (Lipinski definition) is 4. The monoisotopic (exact) mass is 389 g/mol. The van der Waals surface area contributed by atoms with Gasteiger partial charge in [0.25, 0.3) is 0 Å². The van der Waals surface area contributed by atoms with Crippen LogP contribution < -0.4 is 4.90 Å². The van der Waals surface area contributed by atoms with Crippen molar-refractivity contribution in [2.75, 3.05) is 11.9 Å². The summed E-state index contributed by atoms with van der Waals surface area (Å²) >= 11 is 3.41. The lowest BCUT2D eigenvalue weighted by Gasteiger charge is -2.31. The van der Waals surface area contributed by atoms with Crippen LogP contribution in [-0.4, -0.2) is 18.4 Å². The maximum absolute atomic E-state index is 12.7. The van der Waals surface area contributed by atoms with Gasteiger partial charge in [0.2, 0.25) is 5.78 Å². The molecule has 0 radical (unpaired) electrons. The molecule has 0 bridgehead atoms. The van der Waals surface area contributed by atoms with Gasteiger partial charge in [-0.25, -0.2) is 0 Å². The SMILES string of the molecule is CN1c2c(sc3ccccc23)/C(=C\C=C2/Sc3ccccc3C2=O)C1(C)C. The molecule has 1 aromatic heterocycles. The van der Waals surface area contributed by atoms with Gasteiger partial charge in [-0.3, -0.25) is 4.79 Å². The number of hydrogen-bond donors (Lipinski definition) is 0. The first-order chi connectivity index (χ1) is 13.0. The quantitative estimate of drug-likeness (QED) is 0.450. The molecule has 4 heteroatoms. The molecule has 0 spiro atoms. The van der Waals surface area contributed by atoms with E-state index in [1.807, 2.05) is 41.7 Å². The number of anilines is 1. The smallest absolute Gasteiger partial charge is 0.200 e. The molecule has 3 heterocycles. The van der Waals surface area contributed by atoms with Gasteiger partial charge in [0, 0.05) is 27.6 Å². The lowest BCUT2D eigenvalue weighted by atomic mass is 9.95. The summed E-state index contributed by atoms with van der Waals surface area (Å²) < 4.78 is 1.31. The molecule has 0 saturated carbocycles. The van der Waals surface area contributed by atoms with E-state index in [2.05, 4.69) is 56.1 Å². The second-order valence-corrected chi connectivity index (χ2v) is 9.57. The average Bonchev–Trinajstić information content (AvgIpc) is 3.24. The van der Waals surface area contributed by atoms with Gasteiger partial charge in [-0.2, -0.15) is 0 Å². The molecule has 134 valence electrons. The van der Waals surface area contributed by atoms with Gasteiger partial charge in [0.05, 0.1) is 21.0 Å². The Hall–Kier alpha value is -2.30. The van der Waals surface area contributed by atoms with Gasteiger partial charge in [0.1, 0.15) is 0 Å². The first-order valence-electron chi connectivity index (χ1n) is 8.98. The summed E-state index contributed by atoms with van der Waals surface area (Å²) in [6.45, 7) is 4.49. The minimum Gasteiger partial charge on any atom is -0.364 e. The predicted octanol–water partition coefficient (Wildman–Crippen LogP) is 6.39. The molecular formula is C23H19NOS2. The van der Waals surface area contributed by atoms with E-state index in [0.717, 1.165) is 15.4 Å². The molecular weight excluding hydrogens is 370 g/mol. The summed E-state index contributed by atoms with van der Waals surface area (Å²) in [7, 11) is 2.16. The fourth-order valence-corrected chi connectivity index (χ4v) is 6.28. The van der Waals surface area contributed by atoms with Gasteiger partial charge in [-0.05, 0) is 43.7 Å². The summed E-state index contributed by atoms with van der Waals surface area (Å²) in [6.07, 6.45) is 4.17. The van der Waals surface area contributed by atoms with Crippen LogP contribution in [-0.2, 0) is 0 Å². The van der Waals surface area contributed by atoms with Crippen molar-refractivity contribution in [1.82, 2.24) is 0 Å². The van der Waals surface area contributed by atoms with E-state index in [4.69, 9.17) is 0 Å². The number of ketones is 1. The molecule has 5 rings (SSSR count). The Morgan fingerprint density at radius 2 is 1.74 bits per heavy atom. The molecule has 2 nitrogen and oxygen atoms in total. The summed E-state index contributed by atoms with van der Waals surface area (Å²) in [6, 6.07) is 16.4. The largest absolute Gasteiger partial charge is 0.364 e. The number of allylic oxidation sites excluding steroid dienone is 3. The van der Waals surface area contributed by atoms with Crippen molar-refractivity contribution in [3.63, 3.8) is 0 Å². The molecule has 27 heavy (non-hydrogen) atoms. The Bertz CT molecular complexity index is 1170. The van der Waals surface area contributed by atoms with Crippen LogP contribution >= 0.6 is 23.1 Å². The van der Waals surface area contributed by atoms with E-state index in [9.17, 15) is 4.79 Å². The number of Topliss-reactive ketones (excluding diaryl/α,β-unsaturated/α-hetero) is 1. The molecule has 3 aromatic rings. The number of rotatable bonds is 1. The van der Waals surface area contributed by atoms with E-state index in [0.29, 0.717) is 0 Å². The van der Waals surface area contributed by atoms with E-state index in [1.54, 1.807) is 11.8 Å². The summed E-state index contributed by atoms with van der Waals surface area (Å²) in [5.74, 6) is 0.133. The van der Waals surface area contributed by atoms with Crippen LogP contribution in [0.2, 0.25) is 0 Å². The second-order valence-electron chi connectivity index (χ2n) is 7.43. The van der Waals surface area contributed by atoms with Gasteiger partial charge >= 0.3 is 0 Å². The Kier molecular flexibility index (Phi) is 3.65. The Morgan fingerprint density at radius 1 is 1.00 bits per heavy atom. The predicted molar refractivity (Wildman–Crippen MR) is 117 cm³/mol. The number of benzene rings is 2. The lowest BCUT2D eigenvalue weighted by Crippen LogP contribution is -2.37. The third kappa shape index (κ3) is 2.36. The highest BCUT2D eigenvalue weighted by atomic mass is 32.2. The molecule has 0 aliphatic carbocycles. The van der Waals surface area contributed by atoms with Gasteiger partial charge < -0.3 is 4.90 Å². The zero-order chi connectivity index (χ0) is 18.8. The zero-order valence-electron chi connectivity index (χ0n) is 15.4. The average molecular weight is 390 g/mol. The topological polar surface area (TPSA) is 20.3 Å².